The van der Waals surface area contributed by atoms with Crippen molar-refractivity contribution < 1.29 is 19.0 Å². The molecule has 0 bridgehead atoms. The molecule has 0 saturated carbocycles. The Morgan fingerprint density at radius 3 is 2.49 bits per heavy atom. The zero-order valence-corrected chi connectivity index (χ0v) is 22.6. The van der Waals surface area contributed by atoms with Crippen LogP contribution in [0.4, 0.5) is 0 Å². The zero-order valence-electron chi connectivity index (χ0n) is 21.8. The fourth-order valence-electron chi connectivity index (χ4n) is 3.84. The number of benzene rings is 2. The number of thioether (sulfide) groups is 1. The summed E-state index contributed by atoms with van der Waals surface area (Å²) in [5.41, 5.74) is 2.05. The maximum atomic E-state index is 12.7. The molecular weight excluding hydrogens is 488 g/mol. The highest BCUT2D eigenvalue weighted by atomic mass is 32.2. The van der Waals surface area contributed by atoms with Crippen LogP contribution in [-0.4, -0.2) is 47.3 Å². The number of amidine groups is 2. The Morgan fingerprint density at radius 2 is 1.78 bits per heavy atom. The van der Waals surface area contributed by atoms with Crippen LogP contribution in [-0.2, 0) is 4.79 Å². The molecule has 0 spiro atoms. The molecule has 0 radical (unpaired) electrons. The van der Waals surface area contributed by atoms with Crippen molar-refractivity contribution in [3.8, 4) is 17.2 Å². The minimum absolute atomic E-state index is 0.00673. The average molecular weight is 521 g/mol. The molecular formula is C28H32N4O4S. The molecule has 0 aliphatic carbocycles. The Balaban J connectivity index is 1.43. The third-order valence-electron chi connectivity index (χ3n) is 6.12. The van der Waals surface area contributed by atoms with Crippen molar-refractivity contribution in [3.05, 3.63) is 59.2 Å². The lowest BCUT2D eigenvalue weighted by Crippen LogP contribution is -2.35. The Labute approximate surface area is 221 Å². The molecule has 37 heavy (non-hydrogen) atoms. The molecule has 2 aromatic carbocycles. The Hall–Kier alpha value is -3.59. The molecule has 1 amide bonds. The van der Waals surface area contributed by atoms with E-state index in [1.165, 1.54) is 22.3 Å². The molecule has 194 valence electrons. The van der Waals surface area contributed by atoms with Gasteiger partial charge in [-0.1, -0.05) is 52.0 Å². The standard InChI is InChI=1S/C28H32N4O4S/c1-6-18(4)20-9-7-8-10-22(20)35-13-14-36-23-12-11-19(16-24(23)34-5)15-21-25(29)32-28(30-26(21)33)37-27(31-32)17(2)3/h7-12,15-18,29H,6,13-14H2,1-5H3/b21-15-,29-25?. The number of hydrogen-bond donors (Lipinski definition) is 1. The average Bonchev–Trinajstić information content (AvgIpc) is 3.34. The van der Waals surface area contributed by atoms with Gasteiger partial charge < -0.3 is 14.2 Å². The molecule has 0 aromatic heterocycles. The van der Waals surface area contributed by atoms with Gasteiger partial charge in [-0.15, -0.1) is 0 Å². The van der Waals surface area contributed by atoms with E-state index < -0.39 is 5.91 Å². The smallest absolute Gasteiger partial charge is 0.283 e. The summed E-state index contributed by atoms with van der Waals surface area (Å²) >= 11 is 1.33. The second-order valence-electron chi connectivity index (χ2n) is 9.07. The molecule has 2 aromatic rings. The first kappa shape index (κ1) is 26.5. The topological polar surface area (TPSA) is 96.6 Å². The minimum Gasteiger partial charge on any atom is -0.493 e. The quantitative estimate of drug-likeness (QED) is 0.308. The third kappa shape index (κ3) is 5.88. The summed E-state index contributed by atoms with van der Waals surface area (Å²) in [6.45, 7) is 9.11. The first-order chi connectivity index (χ1) is 17.8. The van der Waals surface area contributed by atoms with Gasteiger partial charge in [-0.3, -0.25) is 10.2 Å². The number of rotatable bonds is 10. The second kappa shape index (κ2) is 11.6. The number of aliphatic imine (C=N–C) groups is 1. The maximum absolute atomic E-state index is 12.7. The van der Waals surface area contributed by atoms with Gasteiger partial charge in [0, 0.05) is 5.92 Å². The fraction of sp³-hybridized carbons (Fsp3) is 0.357. The van der Waals surface area contributed by atoms with Crippen LogP contribution >= 0.6 is 11.8 Å². The normalized spacial score (nSPS) is 17.0. The van der Waals surface area contributed by atoms with Crippen molar-refractivity contribution in [2.45, 2.75) is 40.0 Å². The summed E-state index contributed by atoms with van der Waals surface area (Å²) in [6, 6.07) is 13.4. The second-order valence-corrected chi connectivity index (χ2v) is 10.1. The van der Waals surface area contributed by atoms with Crippen LogP contribution in [0.3, 0.4) is 0 Å². The molecule has 2 aliphatic heterocycles. The van der Waals surface area contributed by atoms with Crippen molar-refractivity contribution in [2.24, 2.45) is 16.0 Å². The van der Waals surface area contributed by atoms with E-state index in [0.717, 1.165) is 17.2 Å². The van der Waals surface area contributed by atoms with E-state index in [0.29, 0.717) is 41.4 Å². The molecule has 1 N–H and O–H groups in total. The van der Waals surface area contributed by atoms with Crippen molar-refractivity contribution in [3.63, 3.8) is 0 Å². The van der Waals surface area contributed by atoms with Gasteiger partial charge in [-0.25, -0.2) is 0 Å². The number of hydrogen-bond acceptors (Lipinski definition) is 7. The van der Waals surface area contributed by atoms with Crippen LogP contribution in [0.2, 0.25) is 0 Å². The van der Waals surface area contributed by atoms with Gasteiger partial charge >= 0.3 is 0 Å². The molecule has 2 heterocycles. The predicted molar refractivity (Wildman–Crippen MR) is 149 cm³/mol. The first-order valence-electron chi connectivity index (χ1n) is 12.3. The highest BCUT2D eigenvalue weighted by Crippen LogP contribution is 2.33. The van der Waals surface area contributed by atoms with Crippen LogP contribution in [0.25, 0.3) is 6.08 Å². The van der Waals surface area contributed by atoms with Gasteiger partial charge in [-0.05, 0) is 59.5 Å². The van der Waals surface area contributed by atoms with E-state index in [1.807, 2.05) is 38.1 Å². The van der Waals surface area contributed by atoms with E-state index in [4.69, 9.17) is 19.6 Å². The number of carbonyl (C=O) groups is 1. The molecule has 4 rings (SSSR count). The van der Waals surface area contributed by atoms with Gasteiger partial charge in [0.1, 0.15) is 24.0 Å². The van der Waals surface area contributed by atoms with Crippen molar-refractivity contribution in [1.82, 2.24) is 5.01 Å². The van der Waals surface area contributed by atoms with E-state index in [-0.39, 0.29) is 17.3 Å². The van der Waals surface area contributed by atoms with Crippen molar-refractivity contribution in [1.29, 1.82) is 5.41 Å². The highest BCUT2D eigenvalue weighted by Gasteiger charge is 2.36. The fourth-order valence-corrected chi connectivity index (χ4v) is 4.73. The van der Waals surface area contributed by atoms with Gasteiger partial charge in [0.05, 0.1) is 12.7 Å². The molecule has 1 unspecified atom stereocenters. The lowest BCUT2D eigenvalue weighted by Gasteiger charge is -2.20. The largest absolute Gasteiger partial charge is 0.493 e. The molecule has 9 heteroatoms. The number of fused-ring (bicyclic) bond motifs is 1. The van der Waals surface area contributed by atoms with Crippen LogP contribution in [0.1, 0.15) is 51.2 Å². The van der Waals surface area contributed by atoms with Crippen LogP contribution < -0.4 is 14.2 Å². The predicted octanol–water partition coefficient (Wildman–Crippen LogP) is 5.94. The van der Waals surface area contributed by atoms with Gasteiger partial charge in [0.2, 0.25) is 5.17 Å². The molecule has 1 atom stereocenters. The number of hydrazone groups is 1. The van der Waals surface area contributed by atoms with Gasteiger partial charge in [0.15, 0.2) is 17.3 Å². The van der Waals surface area contributed by atoms with Crippen molar-refractivity contribution in [2.75, 3.05) is 20.3 Å². The number of ether oxygens (including phenoxy) is 3. The molecule has 8 nitrogen and oxygen atoms in total. The lowest BCUT2D eigenvalue weighted by atomic mass is 9.98. The van der Waals surface area contributed by atoms with Gasteiger partial charge in [-0.2, -0.15) is 15.1 Å². The zero-order chi connectivity index (χ0) is 26.5. The SMILES string of the molecule is CCC(C)c1ccccc1OCCOc1ccc(/C=C2/C(=N)N3N=C(C(C)C)SC3=NC2=O)cc1OC. The van der Waals surface area contributed by atoms with Crippen molar-refractivity contribution >= 4 is 39.8 Å². The summed E-state index contributed by atoms with van der Waals surface area (Å²) in [4.78, 5) is 16.8. The number of amides is 1. The minimum atomic E-state index is -0.460. The van der Waals surface area contributed by atoms with E-state index >= 15 is 0 Å². The molecule has 0 fully saturated rings. The summed E-state index contributed by atoms with van der Waals surface area (Å²) in [6.07, 6.45) is 2.66. The highest BCUT2D eigenvalue weighted by molar-refractivity contribution is 8.27. The number of carbonyl (C=O) groups excluding carboxylic acids is 1. The molecule has 2 aliphatic rings. The summed E-state index contributed by atoms with van der Waals surface area (Å²) in [5.74, 6) is 2.11. The number of nitrogens with zero attached hydrogens (tertiary/aromatic N) is 3. The third-order valence-corrected chi connectivity index (χ3v) is 7.33. The first-order valence-corrected chi connectivity index (χ1v) is 13.2. The number of methoxy groups -OCH3 is 1. The van der Waals surface area contributed by atoms with E-state index in [1.54, 1.807) is 25.3 Å². The lowest BCUT2D eigenvalue weighted by molar-refractivity contribution is -0.114. The summed E-state index contributed by atoms with van der Waals surface area (Å²) in [7, 11) is 1.56. The Kier molecular flexibility index (Phi) is 8.33. The Bertz CT molecular complexity index is 1280. The number of nitrogens with one attached hydrogen (secondary N) is 1. The van der Waals surface area contributed by atoms with E-state index in [9.17, 15) is 4.79 Å². The summed E-state index contributed by atoms with van der Waals surface area (Å²) < 4.78 is 17.4. The van der Waals surface area contributed by atoms with Crippen LogP contribution in [0.15, 0.2) is 58.1 Å². The van der Waals surface area contributed by atoms with Gasteiger partial charge in [0.25, 0.3) is 5.91 Å². The Morgan fingerprint density at radius 1 is 1.05 bits per heavy atom. The van der Waals surface area contributed by atoms with Crippen LogP contribution in [0, 0.1) is 11.3 Å². The summed E-state index contributed by atoms with van der Waals surface area (Å²) in [5, 5.41) is 15.7. The molecule has 0 saturated heterocycles. The maximum Gasteiger partial charge on any atom is 0.283 e. The number of para-hydroxylation sites is 1. The van der Waals surface area contributed by atoms with Crippen LogP contribution in [0.5, 0.6) is 17.2 Å². The monoisotopic (exact) mass is 520 g/mol. The van der Waals surface area contributed by atoms with E-state index in [2.05, 4.69) is 30.0 Å².